The molecule has 0 radical (unpaired) electrons. The van der Waals surface area contributed by atoms with Gasteiger partial charge < -0.3 is 19.8 Å². The third-order valence-electron chi connectivity index (χ3n) is 17.3. The molecule has 0 spiro atoms. The topological polar surface area (TPSA) is 105 Å². The van der Waals surface area contributed by atoms with Crippen LogP contribution in [0.2, 0.25) is 0 Å². The van der Waals surface area contributed by atoms with Gasteiger partial charge in [0.05, 0.1) is 39.9 Å². The van der Waals surface area contributed by atoms with Gasteiger partial charge in [0.15, 0.2) is 0 Å². The minimum Gasteiger partial charge on any atom is -0.387 e. The second-order valence-corrected chi connectivity index (χ2v) is 29.2. The summed E-state index contributed by atoms with van der Waals surface area (Å²) in [5.74, 6) is -0.193. The first kappa shape index (κ1) is 91.4. The predicted molar refractivity (Wildman–Crippen MR) is 419 cm³/mol. The molecule has 0 rings (SSSR count). The zero-order chi connectivity index (χ0) is 69.0. The molecule has 3 atom stereocenters. The maximum Gasteiger partial charge on any atom is 0.472 e. The fraction of sp³-hybridized carbons (Fsp3) is 0.709. The smallest absolute Gasteiger partial charge is 0.387 e. The number of carbonyl (C=O) groups is 1. The number of allylic oxidation sites excluding steroid dienone is 23. The molecular formula is C86H152N2O6P+. The van der Waals surface area contributed by atoms with Crippen LogP contribution in [0.5, 0.6) is 0 Å². The van der Waals surface area contributed by atoms with Gasteiger partial charge in [-0.25, -0.2) is 4.57 Å². The first-order chi connectivity index (χ1) is 46.5. The van der Waals surface area contributed by atoms with Gasteiger partial charge in [-0.15, -0.1) is 0 Å². The monoisotopic (exact) mass is 1340 g/mol. The van der Waals surface area contributed by atoms with Crippen LogP contribution in [0.15, 0.2) is 146 Å². The predicted octanol–water partition coefficient (Wildman–Crippen LogP) is 26.3. The van der Waals surface area contributed by atoms with Gasteiger partial charge in [0, 0.05) is 6.42 Å². The van der Waals surface area contributed by atoms with Gasteiger partial charge in [-0.2, -0.15) is 0 Å². The Kier molecular flexibility index (Phi) is 71.8. The number of unbranched alkanes of at least 4 members (excludes halogenated alkanes) is 37. The van der Waals surface area contributed by atoms with Crippen LogP contribution in [0.1, 0.15) is 341 Å². The molecule has 0 aliphatic carbocycles. The second kappa shape index (κ2) is 74.6. The van der Waals surface area contributed by atoms with Gasteiger partial charge in [-0.05, 0) is 109 Å². The molecule has 0 saturated heterocycles. The fourth-order valence-corrected chi connectivity index (χ4v) is 11.9. The van der Waals surface area contributed by atoms with Gasteiger partial charge in [0.25, 0.3) is 0 Å². The number of phosphoric acid groups is 1. The molecule has 0 aliphatic rings. The first-order valence-corrected chi connectivity index (χ1v) is 41.2. The van der Waals surface area contributed by atoms with Crippen molar-refractivity contribution in [3.63, 3.8) is 0 Å². The number of hydrogen-bond donors (Lipinski definition) is 3. The van der Waals surface area contributed by atoms with E-state index < -0.39 is 20.0 Å². The fourth-order valence-electron chi connectivity index (χ4n) is 11.2. The minimum atomic E-state index is -4.38. The summed E-state index contributed by atoms with van der Waals surface area (Å²) in [6, 6.07) is -0.878. The molecule has 546 valence electrons. The number of quaternary nitrogens is 1. The maximum absolute atomic E-state index is 13.1. The summed E-state index contributed by atoms with van der Waals surface area (Å²) in [6.45, 7) is 4.70. The molecule has 0 saturated carbocycles. The molecule has 1 amide bonds. The van der Waals surface area contributed by atoms with E-state index in [2.05, 4.69) is 153 Å². The number of hydrogen-bond acceptors (Lipinski definition) is 5. The van der Waals surface area contributed by atoms with Gasteiger partial charge in [0.2, 0.25) is 5.91 Å². The van der Waals surface area contributed by atoms with Crippen LogP contribution in [0.4, 0.5) is 0 Å². The van der Waals surface area contributed by atoms with Crippen molar-refractivity contribution in [2.45, 2.75) is 353 Å². The number of carbonyl (C=O) groups excluding carboxylic acids is 1. The Balaban J connectivity index is 4.10. The molecule has 0 aromatic heterocycles. The van der Waals surface area contributed by atoms with Crippen molar-refractivity contribution in [2.75, 3.05) is 40.9 Å². The quantitative estimate of drug-likeness (QED) is 0.0243. The molecule has 0 aromatic rings. The molecule has 0 aliphatic heterocycles. The normalized spacial score (nSPS) is 14.3. The van der Waals surface area contributed by atoms with Crippen molar-refractivity contribution < 1.29 is 32.9 Å². The van der Waals surface area contributed by atoms with E-state index in [4.69, 9.17) is 9.05 Å². The molecule has 95 heavy (non-hydrogen) atoms. The van der Waals surface area contributed by atoms with Crippen molar-refractivity contribution in [1.29, 1.82) is 0 Å². The summed E-state index contributed by atoms with van der Waals surface area (Å²) in [5, 5.41) is 14.0. The van der Waals surface area contributed by atoms with E-state index in [0.29, 0.717) is 17.4 Å². The van der Waals surface area contributed by atoms with E-state index in [1.807, 2.05) is 27.2 Å². The number of phosphoric ester groups is 1. The first-order valence-electron chi connectivity index (χ1n) is 39.7. The Labute approximate surface area is 589 Å². The van der Waals surface area contributed by atoms with Crippen LogP contribution in [-0.4, -0.2) is 73.4 Å². The second-order valence-electron chi connectivity index (χ2n) is 27.7. The van der Waals surface area contributed by atoms with Crippen LogP contribution >= 0.6 is 7.82 Å². The lowest BCUT2D eigenvalue weighted by molar-refractivity contribution is -0.870. The van der Waals surface area contributed by atoms with Crippen LogP contribution in [0, 0.1) is 0 Å². The third kappa shape index (κ3) is 77.6. The lowest BCUT2D eigenvalue weighted by Gasteiger charge is -2.25. The third-order valence-corrected chi connectivity index (χ3v) is 18.3. The Morgan fingerprint density at radius 3 is 0.968 bits per heavy atom. The van der Waals surface area contributed by atoms with Gasteiger partial charge >= 0.3 is 7.82 Å². The Bertz CT molecular complexity index is 2070. The molecular weight excluding hydrogens is 1190 g/mol. The molecule has 8 nitrogen and oxygen atoms in total. The lowest BCUT2D eigenvalue weighted by Crippen LogP contribution is -2.45. The van der Waals surface area contributed by atoms with Crippen LogP contribution in [-0.2, 0) is 18.4 Å². The largest absolute Gasteiger partial charge is 0.472 e. The van der Waals surface area contributed by atoms with Crippen LogP contribution in [0.3, 0.4) is 0 Å². The van der Waals surface area contributed by atoms with E-state index in [0.717, 1.165) is 109 Å². The van der Waals surface area contributed by atoms with E-state index in [9.17, 15) is 19.4 Å². The average molecular weight is 1340 g/mol. The molecule has 3 unspecified atom stereocenters. The number of aliphatic hydroxyl groups is 1. The Morgan fingerprint density at radius 1 is 0.368 bits per heavy atom. The number of nitrogens with zero attached hydrogens (tertiary/aromatic N) is 1. The zero-order valence-electron chi connectivity index (χ0n) is 62.6. The van der Waals surface area contributed by atoms with E-state index in [1.54, 1.807) is 6.08 Å². The Hall–Kier alpha value is -3.62. The van der Waals surface area contributed by atoms with Crippen molar-refractivity contribution >= 4 is 13.7 Å². The standard InChI is InChI=1S/C86H151N2O6P/c1-6-8-10-12-14-16-18-20-22-24-26-28-30-32-34-36-38-40-41-42-43-44-45-46-47-48-50-52-54-56-58-60-62-64-66-68-70-72-74-76-78-80-86(90)87-84(83-94-95(91,92)93-82-81-88(3,4)5)85(89)79-77-75-73-71-69-67-65-63-61-59-57-55-53-51-49-39-37-35-33-31-29-27-25-23-21-19-17-15-13-11-9-7-2/h8,10,14,16,20,22,26,28,32,34,38,40,42-43,45-46,48,50,54,56,69,71,77,79,84-85,89H,6-7,9,11-13,15,17-19,21,23-25,27,29-31,33,35-37,39,41,44,47,49,51-53,55,57-68,70,72-76,78,80-83H2,1-5H3,(H-,87,90,91,92)/p+1/b10-8-,16-14-,22-20-,28-26-,34-32-,40-38-,43-42-,46-45-,50-48-,56-54-,71-69+,79-77+. The van der Waals surface area contributed by atoms with Crippen molar-refractivity contribution in [3.8, 4) is 0 Å². The molecule has 0 bridgehead atoms. The number of nitrogens with one attached hydrogen (secondary N) is 1. The molecule has 0 aromatic carbocycles. The lowest BCUT2D eigenvalue weighted by atomic mass is 10.0. The summed E-state index contributed by atoms with van der Waals surface area (Å²) in [7, 11) is 1.54. The highest BCUT2D eigenvalue weighted by molar-refractivity contribution is 7.47. The molecule has 0 heterocycles. The van der Waals surface area contributed by atoms with Gasteiger partial charge in [-0.1, -0.05) is 372 Å². The van der Waals surface area contributed by atoms with E-state index in [1.165, 1.54) is 212 Å². The number of rotatable bonds is 72. The van der Waals surface area contributed by atoms with Gasteiger partial charge in [-0.3, -0.25) is 13.8 Å². The van der Waals surface area contributed by atoms with Crippen LogP contribution < -0.4 is 5.32 Å². The zero-order valence-corrected chi connectivity index (χ0v) is 63.5. The average Bonchev–Trinajstić information content (AvgIpc) is 2.01. The highest BCUT2D eigenvalue weighted by atomic mass is 31.2. The highest BCUT2D eigenvalue weighted by Gasteiger charge is 2.28. The van der Waals surface area contributed by atoms with Crippen LogP contribution in [0.25, 0.3) is 0 Å². The number of aliphatic hydroxyl groups excluding tert-OH is 1. The molecule has 9 heteroatoms. The van der Waals surface area contributed by atoms with Crippen molar-refractivity contribution in [2.24, 2.45) is 0 Å². The summed E-state index contributed by atoms with van der Waals surface area (Å²) >= 11 is 0. The number of likely N-dealkylation sites (N-methyl/N-ethyl adjacent to an activating group) is 1. The van der Waals surface area contributed by atoms with Crippen molar-refractivity contribution in [1.82, 2.24) is 5.32 Å². The number of amides is 1. The maximum atomic E-state index is 13.1. The summed E-state index contributed by atoms with van der Waals surface area (Å²) < 4.78 is 23.9. The summed E-state index contributed by atoms with van der Waals surface area (Å²) in [4.78, 5) is 23.5. The van der Waals surface area contributed by atoms with Gasteiger partial charge in [0.1, 0.15) is 13.2 Å². The Morgan fingerprint density at radius 2 is 0.642 bits per heavy atom. The highest BCUT2D eigenvalue weighted by Crippen LogP contribution is 2.43. The summed E-state index contributed by atoms with van der Waals surface area (Å²) in [5.41, 5.74) is 0. The minimum absolute atomic E-state index is 0.0493. The SMILES string of the molecule is CC/C=C\C/C=C\C/C=C\C/C=C\C/C=C\C/C=C\C/C=C\C/C=C\C/C=C\C/C=C\CCCCCCCCCCCCC(=O)NC(COP(=O)(O)OCC[N+](C)(C)C)C(O)/C=C/CC/C=C/CCCCCCCCCCCCCCCCCCCCCCCCCCCC. The molecule has 0 fully saturated rings. The molecule has 3 N–H and O–H groups in total. The summed E-state index contributed by atoms with van der Waals surface area (Å²) in [6.07, 6.45) is 115. The van der Waals surface area contributed by atoms with E-state index in [-0.39, 0.29) is 19.1 Å². The van der Waals surface area contributed by atoms with E-state index >= 15 is 0 Å². The van der Waals surface area contributed by atoms with Crippen molar-refractivity contribution in [3.05, 3.63) is 146 Å².